The van der Waals surface area contributed by atoms with Crippen LogP contribution in [0.15, 0.2) is 44.1 Å². The van der Waals surface area contributed by atoms with Crippen LogP contribution in [-0.4, -0.2) is 11.1 Å². The van der Waals surface area contributed by atoms with Crippen LogP contribution in [0.2, 0.25) is 0 Å². The Morgan fingerprint density at radius 2 is 2.00 bits per heavy atom. The largest absolute Gasteiger partial charge is 0.451 e. The zero-order chi connectivity index (χ0) is 15.0. The van der Waals surface area contributed by atoms with Crippen molar-refractivity contribution in [3.63, 3.8) is 0 Å². The molecule has 1 aromatic carbocycles. The van der Waals surface area contributed by atoms with Crippen LogP contribution in [0.5, 0.6) is 0 Å². The third-order valence-electron chi connectivity index (χ3n) is 2.98. The van der Waals surface area contributed by atoms with E-state index in [2.05, 4.69) is 10.5 Å². The van der Waals surface area contributed by atoms with Crippen molar-refractivity contribution < 1.29 is 13.7 Å². The standard InChI is InChI=1S/C15H12N2O4/c1-8-3-4-12-10(5-8)11(18)7-13(20-12)15(19)16-14-6-9(2)21-17-14/h3-7H,1-2H3,(H,16,17,19). The van der Waals surface area contributed by atoms with Crippen LogP contribution in [0, 0.1) is 13.8 Å². The maximum absolute atomic E-state index is 12.1. The number of nitrogens with one attached hydrogen (secondary N) is 1. The molecule has 0 saturated carbocycles. The predicted molar refractivity (Wildman–Crippen MR) is 76.4 cm³/mol. The highest BCUT2D eigenvalue weighted by Crippen LogP contribution is 2.15. The van der Waals surface area contributed by atoms with Crippen molar-refractivity contribution in [3.8, 4) is 0 Å². The molecule has 0 aliphatic carbocycles. The number of amides is 1. The Morgan fingerprint density at radius 1 is 1.19 bits per heavy atom. The van der Waals surface area contributed by atoms with Crippen molar-refractivity contribution in [2.75, 3.05) is 5.32 Å². The second-order valence-electron chi connectivity index (χ2n) is 4.75. The lowest BCUT2D eigenvalue weighted by molar-refractivity contribution is 0.0996. The van der Waals surface area contributed by atoms with Crippen molar-refractivity contribution in [1.82, 2.24) is 5.16 Å². The lowest BCUT2D eigenvalue weighted by atomic mass is 10.1. The van der Waals surface area contributed by atoms with Crippen molar-refractivity contribution in [1.29, 1.82) is 0 Å². The lowest BCUT2D eigenvalue weighted by Crippen LogP contribution is -2.15. The average molecular weight is 284 g/mol. The number of fused-ring (bicyclic) bond motifs is 1. The van der Waals surface area contributed by atoms with E-state index < -0.39 is 5.91 Å². The molecule has 0 aliphatic rings. The molecule has 21 heavy (non-hydrogen) atoms. The summed E-state index contributed by atoms with van der Waals surface area (Å²) < 4.78 is 10.3. The van der Waals surface area contributed by atoms with E-state index in [1.54, 1.807) is 25.1 Å². The van der Waals surface area contributed by atoms with Gasteiger partial charge in [0.2, 0.25) is 0 Å². The van der Waals surface area contributed by atoms with Crippen LogP contribution in [0.25, 0.3) is 11.0 Å². The van der Waals surface area contributed by atoms with Gasteiger partial charge in [-0.15, -0.1) is 0 Å². The van der Waals surface area contributed by atoms with Gasteiger partial charge >= 0.3 is 0 Å². The molecule has 0 unspecified atom stereocenters. The maximum atomic E-state index is 12.1. The molecule has 0 aliphatic heterocycles. The molecule has 1 N–H and O–H groups in total. The van der Waals surface area contributed by atoms with Crippen LogP contribution < -0.4 is 10.7 Å². The highest BCUT2D eigenvalue weighted by molar-refractivity contribution is 6.02. The summed E-state index contributed by atoms with van der Waals surface area (Å²) in [4.78, 5) is 24.1. The fourth-order valence-corrected chi connectivity index (χ4v) is 1.99. The molecule has 3 rings (SSSR count). The van der Waals surface area contributed by atoms with E-state index in [-0.39, 0.29) is 17.0 Å². The first-order valence-corrected chi connectivity index (χ1v) is 6.32. The summed E-state index contributed by atoms with van der Waals surface area (Å²) in [5.41, 5.74) is 1.06. The molecule has 6 nitrogen and oxygen atoms in total. The highest BCUT2D eigenvalue weighted by atomic mass is 16.5. The van der Waals surface area contributed by atoms with E-state index in [0.717, 1.165) is 5.56 Å². The first kappa shape index (κ1) is 13.1. The van der Waals surface area contributed by atoms with E-state index in [4.69, 9.17) is 8.94 Å². The molecule has 0 bridgehead atoms. The minimum absolute atomic E-state index is 0.0722. The number of aromatic nitrogens is 1. The lowest BCUT2D eigenvalue weighted by Gasteiger charge is -2.03. The molecule has 0 radical (unpaired) electrons. The van der Waals surface area contributed by atoms with E-state index in [1.165, 1.54) is 6.07 Å². The summed E-state index contributed by atoms with van der Waals surface area (Å²) in [5.74, 6) is 0.213. The zero-order valence-corrected chi connectivity index (χ0v) is 11.5. The molecular weight excluding hydrogens is 272 g/mol. The summed E-state index contributed by atoms with van der Waals surface area (Å²) in [6.07, 6.45) is 0. The predicted octanol–water partition coefficient (Wildman–Crippen LogP) is 2.65. The number of carbonyl (C=O) groups is 1. The number of anilines is 1. The van der Waals surface area contributed by atoms with E-state index in [9.17, 15) is 9.59 Å². The van der Waals surface area contributed by atoms with Gasteiger partial charge in [-0.05, 0) is 26.0 Å². The summed E-state index contributed by atoms with van der Waals surface area (Å²) in [6.45, 7) is 3.59. The molecule has 106 valence electrons. The van der Waals surface area contributed by atoms with Gasteiger partial charge in [0, 0.05) is 12.1 Å². The van der Waals surface area contributed by atoms with Gasteiger partial charge in [-0.25, -0.2) is 0 Å². The number of hydrogen-bond acceptors (Lipinski definition) is 5. The Bertz CT molecular complexity index is 892. The fourth-order valence-electron chi connectivity index (χ4n) is 1.99. The average Bonchev–Trinajstić information content (AvgIpc) is 2.84. The Hall–Kier alpha value is -2.89. The second kappa shape index (κ2) is 4.90. The first-order valence-electron chi connectivity index (χ1n) is 6.32. The molecule has 0 spiro atoms. The van der Waals surface area contributed by atoms with E-state index >= 15 is 0 Å². The monoisotopic (exact) mass is 284 g/mol. The smallest absolute Gasteiger partial charge is 0.292 e. The van der Waals surface area contributed by atoms with Gasteiger partial charge in [-0.3, -0.25) is 9.59 Å². The van der Waals surface area contributed by atoms with Crippen molar-refractivity contribution in [3.05, 3.63) is 57.6 Å². The van der Waals surface area contributed by atoms with Gasteiger partial charge in [0.25, 0.3) is 5.91 Å². The fraction of sp³-hybridized carbons (Fsp3) is 0.133. The molecule has 0 fully saturated rings. The second-order valence-corrected chi connectivity index (χ2v) is 4.75. The van der Waals surface area contributed by atoms with E-state index in [0.29, 0.717) is 16.7 Å². The molecule has 6 heteroatoms. The number of benzene rings is 1. The van der Waals surface area contributed by atoms with Gasteiger partial charge in [0.1, 0.15) is 11.3 Å². The molecule has 0 atom stereocenters. The molecule has 0 saturated heterocycles. The third kappa shape index (κ3) is 2.55. The van der Waals surface area contributed by atoms with Crippen LogP contribution in [0.1, 0.15) is 21.9 Å². The Balaban J connectivity index is 1.98. The van der Waals surface area contributed by atoms with Crippen molar-refractivity contribution in [2.24, 2.45) is 0 Å². The maximum Gasteiger partial charge on any atom is 0.292 e. The van der Waals surface area contributed by atoms with Crippen LogP contribution in [0.3, 0.4) is 0 Å². The molecule has 3 aromatic rings. The minimum atomic E-state index is -0.553. The minimum Gasteiger partial charge on any atom is -0.451 e. The molecular formula is C15H12N2O4. The number of carbonyl (C=O) groups excluding carboxylic acids is 1. The SMILES string of the molecule is Cc1ccc2oc(C(=O)Nc3cc(C)on3)cc(=O)c2c1. The van der Waals surface area contributed by atoms with Gasteiger partial charge in [-0.2, -0.15) is 0 Å². The van der Waals surface area contributed by atoms with Crippen LogP contribution in [0.4, 0.5) is 5.82 Å². The topological polar surface area (TPSA) is 85.3 Å². The number of nitrogens with zero attached hydrogens (tertiary/aromatic N) is 1. The Morgan fingerprint density at radius 3 is 2.71 bits per heavy atom. The van der Waals surface area contributed by atoms with Crippen LogP contribution >= 0.6 is 0 Å². The van der Waals surface area contributed by atoms with E-state index in [1.807, 2.05) is 13.0 Å². The van der Waals surface area contributed by atoms with Gasteiger partial charge in [-0.1, -0.05) is 16.8 Å². The number of rotatable bonds is 2. The van der Waals surface area contributed by atoms with Gasteiger partial charge in [0.15, 0.2) is 17.0 Å². The molecule has 2 aromatic heterocycles. The number of hydrogen-bond donors (Lipinski definition) is 1. The Kier molecular flexibility index (Phi) is 3.06. The Labute approximate surface area is 119 Å². The van der Waals surface area contributed by atoms with Crippen molar-refractivity contribution >= 4 is 22.7 Å². The molecule has 1 amide bonds. The highest BCUT2D eigenvalue weighted by Gasteiger charge is 2.14. The summed E-state index contributed by atoms with van der Waals surface area (Å²) >= 11 is 0. The third-order valence-corrected chi connectivity index (χ3v) is 2.98. The summed E-state index contributed by atoms with van der Waals surface area (Å²) in [6, 6.07) is 7.95. The van der Waals surface area contributed by atoms with Crippen LogP contribution in [-0.2, 0) is 0 Å². The normalized spacial score (nSPS) is 10.8. The van der Waals surface area contributed by atoms with Crippen molar-refractivity contribution in [2.45, 2.75) is 13.8 Å². The number of aryl methyl sites for hydroxylation is 2. The van der Waals surface area contributed by atoms with Gasteiger partial charge < -0.3 is 14.3 Å². The molecule has 2 heterocycles. The van der Waals surface area contributed by atoms with Gasteiger partial charge in [0.05, 0.1) is 5.39 Å². The summed E-state index contributed by atoms with van der Waals surface area (Å²) in [5, 5.41) is 6.60. The first-order chi connectivity index (χ1) is 10.0. The quantitative estimate of drug-likeness (QED) is 0.781. The zero-order valence-electron chi connectivity index (χ0n) is 11.5. The summed E-state index contributed by atoms with van der Waals surface area (Å²) in [7, 11) is 0.